The predicted molar refractivity (Wildman–Crippen MR) is 106 cm³/mol. The molecule has 2 atom stereocenters. The van der Waals surface area contributed by atoms with E-state index in [-0.39, 0.29) is 23.7 Å². The number of ether oxygens (including phenoxy) is 1. The summed E-state index contributed by atoms with van der Waals surface area (Å²) < 4.78 is 5.38. The number of rotatable bonds is 4. The monoisotopic (exact) mass is 386 g/mol. The minimum Gasteiger partial charge on any atom is -0.444 e. The van der Waals surface area contributed by atoms with E-state index in [0.717, 1.165) is 19.3 Å². The molecule has 1 fully saturated rings. The third-order valence-electron chi connectivity index (χ3n) is 5.70. The van der Waals surface area contributed by atoms with Gasteiger partial charge >= 0.3 is 6.09 Å². The zero-order valence-electron chi connectivity index (χ0n) is 17.4. The van der Waals surface area contributed by atoms with Crippen molar-refractivity contribution in [3.05, 3.63) is 35.4 Å². The van der Waals surface area contributed by atoms with Crippen molar-refractivity contribution in [2.45, 2.75) is 65.0 Å². The first-order chi connectivity index (χ1) is 13.0. The summed E-state index contributed by atoms with van der Waals surface area (Å²) in [4.78, 5) is 38.7. The summed E-state index contributed by atoms with van der Waals surface area (Å²) in [5, 5.41) is 2.99. The van der Waals surface area contributed by atoms with Crippen LogP contribution < -0.4 is 5.32 Å². The molecule has 28 heavy (non-hydrogen) atoms. The molecule has 1 saturated carbocycles. The van der Waals surface area contributed by atoms with Gasteiger partial charge in [0.15, 0.2) is 0 Å². The highest BCUT2D eigenvalue weighted by Gasteiger charge is 2.41. The molecule has 1 aromatic carbocycles. The fourth-order valence-electron chi connectivity index (χ4n) is 4.23. The van der Waals surface area contributed by atoms with Gasteiger partial charge in [-0.05, 0) is 77.8 Å². The number of fused-ring (bicyclic) bond motifs is 1. The average molecular weight is 386 g/mol. The van der Waals surface area contributed by atoms with E-state index in [1.54, 1.807) is 24.3 Å². The van der Waals surface area contributed by atoms with Crippen LogP contribution in [0.5, 0.6) is 0 Å². The van der Waals surface area contributed by atoms with E-state index in [9.17, 15) is 14.4 Å². The number of hydrogen-bond acceptors (Lipinski definition) is 4. The SMILES string of the molecule is CC(C)(C)OC(=O)NC(C)(C)C1CC[C@H](CN2C(=O)c3ccccc3C2=O)C1. The summed E-state index contributed by atoms with van der Waals surface area (Å²) >= 11 is 0. The number of carbonyl (C=O) groups excluding carboxylic acids is 3. The van der Waals surface area contributed by atoms with Crippen LogP contribution in [0.3, 0.4) is 0 Å². The maximum Gasteiger partial charge on any atom is 0.408 e. The molecule has 1 aliphatic carbocycles. The van der Waals surface area contributed by atoms with Gasteiger partial charge in [-0.3, -0.25) is 14.5 Å². The van der Waals surface area contributed by atoms with E-state index >= 15 is 0 Å². The maximum absolute atomic E-state index is 12.6. The van der Waals surface area contributed by atoms with Crippen molar-refractivity contribution in [3.8, 4) is 0 Å². The number of benzene rings is 1. The molecule has 3 amide bonds. The van der Waals surface area contributed by atoms with Crippen LogP contribution >= 0.6 is 0 Å². The number of hydrogen-bond donors (Lipinski definition) is 1. The molecule has 0 radical (unpaired) electrons. The van der Waals surface area contributed by atoms with Gasteiger partial charge in [0, 0.05) is 12.1 Å². The van der Waals surface area contributed by atoms with Crippen molar-refractivity contribution in [2.75, 3.05) is 6.54 Å². The van der Waals surface area contributed by atoms with Crippen LogP contribution in [0.1, 0.15) is 74.6 Å². The van der Waals surface area contributed by atoms with Gasteiger partial charge in [0.1, 0.15) is 5.60 Å². The number of imide groups is 1. The third kappa shape index (κ3) is 4.21. The van der Waals surface area contributed by atoms with E-state index in [2.05, 4.69) is 5.32 Å². The van der Waals surface area contributed by atoms with Gasteiger partial charge in [-0.2, -0.15) is 0 Å². The Morgan fingerprint density at radius 1 is 1.07 bits per heavy atom. The first-order valence-electron chi connectivity index (χ1n) is 9.94. The Morgan fingerprint density at radius 2 is 1.64 bits per heavy atom. The van der Waals surface area contributed by atoms with Gasteiger partial charge < -0.3 is 10.1 Å². The van der Waals surface area contributed by atoms with Crippen LogP contribution in [0.4, 0.5) is 4.79 Å². The number of amides is 3. The lowest BCUT2D eigenvalue weighted by atomic mass is 9.85. The smallest absolute Gasteiger partial charge is 0.408 e. The Hall–Kier alpha value is -2.37. The predicted octanol–water partition coefficient (Wildman–Crippen LogP) is 4.00. The van der Waals surface area contributed by atoms with Crippen molar-refractivity contribution in [3.63, 3.8) is 0 Å². The molecule has 1 aliphatic heterocycles. The first-order valence-corrected chi connectivity index (χ1v) is 9.94. The van der Waals surface area contributed by atoms with Gasteiger partial charge in [0.25, 0.3) is 11.8 Å². The largest absolute Gasteiger partial charge is 0.444 e. The summed E-state index contributed by atoms with van der Waals surface area (Å²) in [5.41, 5.74) is 0.0334. The molecule has 0 saturated heterocycles. The van der Waals surface area contributed by atoms with Crippen LogP contribution in [-0.4, -0.2) is 40.5 Å². The van der Waals surface area contributed by atoms with Crippen LogP contribution in [0.2, 0.25) is 0 Å². The molecule has 0 spiro atoms. The molecule has 0 aromatic heterocycles. The fraction of sp³-hybridized carbons (Fsp3) is 0.591. The van der Waals surface area contributed by atoms with Gasteiger partial charge in [-0.15, -0.1) is 0 Å². The summed E-state index contributed by atoms with van der Waals surface area (Å²) in [7, 11) is 0. The van der Waals surface area contributed by atoms with E-state index in [1.165, 1.54) is 4.90 Å². The maximum atomic E-state index is 12.6. The van der Waals surface area contributed by atoms with Gasteiger partial charge in [-0.25, -0.2) is 4.79 Å². The third-order valence-corrected chi connectivity index (χ3v) is 5.70. The van der Waals surface area contributed by atoms with E-state index in [0.29, 0.717) is 17.7 Å². The van der Waals surface area contributed by atoms with E-state index < -0.39 is 17.2 Å². The molecular weight excluding hydrogens is 356 g/mol. The van der Waals surface area contributed by atoms with Crippen LogP contribution in [0, 0.1) is 11.8 Å². The Labute approximate surface area is 166 Å². The van der Waals surface area contributed by atoms with Crippen molar-refractivity contribution >= 4 is 17.9 Å². The quantitative estimate of drug-likeness (QED) is 0.794. The molecule has 152 valence electrons. The Morgan fingerprint density at radius 3 is 2.18 bits per heavy atom. The van der Waals surface area contributed by atoms with Crippen molar-refractivity contribution in [1.29, 1.82) is 0 Å². The van der Waals surface area contributed by atoms with E-state index in [4.69, 9.17) is 4.74 Å². The Bertz CT molecular complexity index is 759. The Balaban J connectivity index is 1.59. The van der Waals surface area contributed by atoms with Crippen molar-refractivity contribution < 1.29 is 19.1 Å². The number of carbonyl (C=O) groups is 3. The molecule has 1 heterocycles. The summed E-state index contributed by atoms with van der Waals surface area (Å²) in [6.45, 7) is 9.97. The summed E-state index contributed by atoms with van der Waals surface area (Å²) in [6, 6.07) is 6.98. The molecule has 3 rings (SSSR count). The van der Waals surface area contributed by atoms with Gasteiger partial charge in [-0.1, -0.05) is 12.1 Å². The molecule has 6 nitrogen and oxygen atoms in total. The molecular formula is C22H30N2O4. The summed E-state index contributed by atoms with van der Waals surface area (Å²) in [5.74, 6) is 0.109. The summed E-state index contributed by atoms with van der Waals surface area (Å²) in [6.07, 6.45) is 2.31. The zero-order chi connectivity index (χ0) is 20.7. The molecule has 1 unspecified atom stereocenters. The normalized spacial score (nSPS) is 22.4. The molecule has 1 N–H and O–H groups in total. The molecule has 6 heteroatoms. The van der Waals surface area contributed by atoms with Gasteiger partial charge in [0.05, 0.1) is 11.1 Å². The lowest BCUT2D eigenvalue weighted by Crippen LogP contribution is -2.50. The minimum atomic E-state index is -0.538. The molecule has 0 bridgehead atoms. The highest BCUT2D eigenvalue weighted by atomic mass is 16.6. The second-order valence-corrected chi connectivity index (χ2v) is 9.49. The van der Waals surface area contributed by atoms with Crippen LogP contribution in [0.25, 0.3) is 0 Å². The fourth-order valence-corrected chi connectivity index (χ4v) is 4.23. The topological polar surface area (TPSA) is 75.7 Å². The van der Waals surface area contributed by atoms with Gasteiger partial charge in [0.2, 0.25) is 0 Å². The lowest BCUT2D eigenvalue weighted by Gasteiger charge is -2.34. The Kier molecular flexibility index (Phi) is 5.26. The number of nitrogens with zero attached hydrogens (tertiary/aromatic N) is 1. The van der Waals surface area contributed by atoms with Crippen LogP contribution in [0.15, 0.2) is 24.3 Å². The van der Waals surface area contributed by atoms with Crippen molar-refractivity contribution in [1.82, 2.24) is 10.2 Å². The molecule has 1 aromatic rings. The highest BCUT2D eigenvalue weighted by molar-refractivity contribution is 6.21. The number of nitrogens with one attached hydrogen (secondary N) is 1. The standard InChI is InChI=1S/C22H30N2O4/c1-21(2,3)28-20(27)23-22(4,5)15-11-10-14(12-15)13-24-18(25)16-8-6-7-9-17(16)19(24)26/h6-9,14-15H,10-13H2,1-5H3,(H,23,27)/t14-,15?/m0/s1. The second kappa shape index (κ2) is 7.22. The average Bonchev–Trinajstić information content (AvgIpc) is 3.13. The lowest BCUT2D eigenvalue weighted by molar-refractivity contribution is 0.0435. The highest BCUT2D eigenvalue weighted by Crippen LogP contribution is 2.39. The zero-order valence-corrected chi connectivity index (χ0v) is 17.4. The first kappa shape index (κ1) is 20.4. The van der Waals surface area contributed by atoms with Crippen LogP contribution in [-0.2, 0) is 4.74 Å². The van der Waals surface area contributed by atoms with E-state index in [1.807, 2.05) is 34.6 Å². The van der Waals surface area contributed by atoms with Crippen molar-refractivity contribution in [2.24, 2.45) is 11.8 Å². The number of alkyl carbamates (subject to hydrolysis) is 1. The second-order valence-electron chi connectivity index (χ2n) is 9.49. The minimum absolute atomic E-state index is 0.199. The molecule has 2 aliphatic rings.